The number of hydrogen-bond donors (Lipinski definition) is 0. The van der Waals surface area contributed by atoms with Gasteiger partial charge in [0.25, 0.3) is 0 Å². The minimum Gasteiger partial charge on any atom is -0.384 e. The molecule has 0 bridgehead atoms. The average molecular weight is 218 g/mol. The smallest absolute Gasteiger partial charge is 0.103 e. The van der Waals surface area contributed by atoms with Gasteiger partial charge in [-0.2, -0.15) is 0 Å². The van der Waals surface area contributed by atoms with E-state index in [1.54, 1.807) is 14.2 Å². The van der Waals surface area contributed by atoms with E-state index in [9.17, 15) is 0 Å². The maximum atomic E-state index is 5.10. The normalized spacial score (nSPS) is 11.7. The molecular formula is C11H22O4. The summed E-state index contributed by atoms with van der Waals surface area (Å²) in [4.78, 5) is 10.1. The fraction of sp³-hybridized carbons (Fsp3) is 0.818. The van der Waals surface area contributed by atoms with Crippen molar-refractivity contribution in [3.63, 3.8) is 0 Å². The van der Waals surface area contributed by atoms with Gasteiger partial charge in [-0.05, 0) is 6.92 Å². The van der Waals surface area contributed by atoms with Crippen molar-refractivity contribution in [1.29, 1.82) is 0 Å². The van der Waals surface area contributed by atoms with Crippen LogP contribution in [0, 0.1) is 5.41 Å². The Bertz CT molecular complexity index is 173. The Hall–Kier alpha value is -0.420. The van der Waals surface area contributed by atoms with E-state index < -0.39 is 0 Å². The molecule has 0 spiro atoms. The molecule has 0 aromatic heterocycles. The zero-order valence-electron chi connectivity index (χ0n) is 10.2. The molecule has 0 aliphatic carbocycles. The summed E-state index contributed by atoms with van der Waals surface area (Å²) in [5.41, 5.74) is 0.744. The monoisotopic (exact) mass is 218 g/mol. The molecule has 0 rings (SSSR count). The maximum Gasteiger partial charge on any atom is 0.103 e. The van der Waals surface area contributed by atoms with Gasteiger partial charge in [-0.15, -0.1) is 0 Å². The highest BCUT2D eigenvalue weighted by atomic mass is 17.2. The molecule has 0 saturated carbocycles. The standard InChI is InChI=1S/C11H22O4/c1-10(2)6-14-15-9-11(3,7-12-4)8-13-5/h1,6-9H2,2-5H3. The summed E-state index contributed by atoms with van der Waals surface area (Å²) in [6, 6.07) is 0. The summed E-state index contributed by atoms with van der Waals surface area (Å²) in [6.07, 6.45) is 0. The first-order chi connectivity index (χ1) is 7.04. The molecule has 0 radical (unpaired) electrons. The second kappa shape index (κ2) is 7.82. The van der Waals surface area contributed by atoms with Crippen LogP contribution in [-0.2, 0) is 19.2 Å². The first-order valence-corrected chi connectivity index (χ1v) is 4.91. The predicted molar refractivity (Wildman–Crippen MR) is 58.6 cm³/mol. The summed E-state index contributed by atoms with van der Waals surface area (Å²) in [5, 5.41) is 0. The van der Waals surface area contributed by atoms with Crippen LogP contribution in [-0.4, -0.2) is 40.6 Å². The van der Waals surface area contributed by atoms with Crippen LogP contribution < -0.4 is 0 Å². The molecule has 4 nitrogen and oxygen atoms in total. The number of ether oxygens (including phenoxy) is 2. The van der Waals surface area contributed by atoms with Crippen molar-refractivity contribution in [2.45, 2.75) is 13.8 Å². The predicted octanol–water partition coefficient (Wildman–Crippen LogP) is 1.81. The van der Waals surface area contributed by atoms with Crippen molar-refractivity contribution in [3.8, 4) is 0 Å². The third-order valence-corrected chi connectivity index (χ3v) is 1.78. The summed E-state index contributed by atoms with van der Waals surface area (Å²) in [5.74, 6) is 0. The SMILES string of the molecule is C=C(C)COOCC(C)(COC)COC. The molecule has 0 atom stereocenters. The molecule has 0 aliphatic rings. The van der Waals surface area contributed by atoms with Crippen LogP contribution >= 0.6 is 0 Å². The van der Waals surface area contributed by atoms with E-state index in [2.05, 4.69) is 6.58 Å². The zero-order chi connectivity index (χ0) is 11.7. The first-order valence-electron chi connectivity index (χ1n) is 4.91. The van der Waals surface area contributed by atoms with Gasteiger partial charge in [0.2, 0.25) is 0 Å². The van der Waals surface area contributed by atoms with Gasteiger partial charge < -0.3 is 9.47 Å². The fourth-order valence-corrected chi connectivity index (χ4v) is 1.15. The van der Waals surface area contributed by atoms with E-state index in [-0.39, 0.29) is 5.41 Å². The summed E-state index contributed by atoms with van der Waals surface area (Å²) in [6.45, 7) is 9.59. The third kappa shape index (κ3) is 7.50. The molecule has 0 saturated heterocycles. The van der Waals surface area contributed by atoms with Crippen molar-refractivity contribution >= 4 is 0 Å². The largest absolute Gasteiger partial charge is 0.384 e. The molecule has 0 heterocycles. The van der Waals surface area contributed by atoms with E-state index >= 15 is 0 Å². The Morgan fingerprint density at radius 1 is 1.07 bits per heavy atom. The van der Waals surface area contributed by atoms with Gasteiger partial charge in [-0.1, -0.05) is 19.1 Å². The molecule has 0 fully saturated rings. The van der Waals surface area contributed by atoms with E-state index in [0.717, 1.165) is 5.57 Å². The molecule has 0 aromatic rings. The lowest BCUT2D eigenvalue weighted by Crippen LogP contribution is -2.33. The van der Waals surface area contributed by atoms with Crippen molar-refractivity contribution < 1.29 is 19.2 Å². The topological polar surface area (TPSA) is 36.9 Å². The maximum absolute atomic E-state index is 5.10. The fourth-order valence-electron chi connectivity index (χ4n) is 1.15. The summed E-state index contributed by atoms with van der Waals surface area (Å²) in [7, 11) is 3.31. The molecule has 90 valence electrons. The minimum atomic E-state index is -0.182. The van der Waals surface area contributed by atoms with Gasteiger partial charge in [-0.3, -0.25) is 0 Å². The van der Waals surface area contributed by atoms with Gasteiger partial charge in [0, 0.05) is 19.6 Å². The van der Waals surface area contributed by atoms with E-state index in [0.29, 0.717) is 26.4 Å². The third-order valence-electron chi connectivity index (χ3n) is 1.78. The Balaban J connectivity index is 3.79. The van der Waals surface area contributed by atoms with Gasteiger partial charge >= 0.3 is 0 Å². The second-order valence-electron chi connectivity index (χ2n) is 4.16. The molecule has 0 aromatic carbocycles. The van der Waals surface area contributed by atoms with Crippen molar-refractivity contribution in [3.05, 3.63) is 12.2 Å². The van der Waals surface area contributed by atoms with Crippen LogP contribution in [0.1, 0.15) is 13.8 Å². The number of methoxy groups -OCH3 is 2. The minimum absolute atomic E-state index is 0.182. The van der Waals surface area contributed by atoms with E-state index in [4.69, 9.17) is 19.2 Å². The molecule has 15 heavy (non-hydrogen) atoms. The van der Waals surface area contributed by atoms with Gasteiger partial charge in [0.1, 0.15) is 6.61 Å². The highest BCUT2D eigenvalue weighted by molar-refractivity contribution is 4.86. The summed E-state index contributed by atoms with van der Waals surface area (Å²) >= 11 is 0. The second-order valence-corrected chi connectivity index (χ2v) is 4.16. The zero-order valence-corrected chi connectivity index (χ0v) is 10.2. The quantitative estimate of drug-likeness (QED) is 0.256. The molecule has 0 N–H and O–H groups in total. The first kappa shape index (κ1) is 14.6. The van der Waals surface area contributed by atoms with Crippen molar-refractivity contribution in [2.24, 2.45) is 5.41 Å². The Labute approximate surface area is 92.1 Å². The number of rotatable bonds is 9. The molecular weight excluding hydrogens is 196 g/mol. The van der Waals surface area contributed by atoms with Gasteiger partial charge in [-0.25, -0.2) is 9.78 Å². The van der Waals surface area contributed by atoms with E-state index in [1.807, 2.05) is 13.8 Å². The lowest BCUT2D eigenvalue weighted by atomic mass is 9.94. The Kier molecular flexibility index (Phi) is 7.60. The lowest BCUT2D eigenvalue weighted by Gasteiger charge is -2.26. The Morgan fingerprint density at radius 3 is 2.00 bits per heavy atom. The molecule has 0 unspecified atom stereocenters. The average Bonchev–Trinajstić information content (AvgIpc) is 2.13. The van der Waals surface area contributed by atoms with Gasteiger partial charge in [0.05, 0.1) is 19.8 Å². The lowest BCUT2D eigenvalue weighted by molar-refractivity contribution is -0.307. The van der Waals surface area contributed by atoms with Crippen molar-refractivity contribution in [1.82, 2.24) is 0 Å². The van der Waals surface area contributed by atoms with E-state index in [1.165, 1.54) is 0 Å². The van der Waals surface area contributed by atoms with Crippen LogP contribution in [0.2, 0.25) is 0 Å². The Morgan fingerprint density at radius 2 is 1.60 bits per heavy atom. The van der Waals surface area contributed by atoms with Gasteiger partial charge in [0.15, 0.2) is 0 Å². The number of hydrogen-bond acceptors (Lipinski definition) is 4. The molecule has 4 heteroatoms. The molecule has 0 amide bonds. The van der Waals surface area contributed by atoms with Crippen LogP contribution in [0.3, 0.4) is 0 Å². The summed E-state index contributed by atoms with van der Waals surface area (Å²) < 4.78 is 10.2. The van der Waals surface area contributed by atoms with Crippen LogP contribution in [0.4, 0.5) is 0 Å². The van der Waals surface area contributed by atoms with Crippen LogP contribution in [0.5, 0.6) is 0 Å². The van der Waals surface area contributed by atoms with Crippen LogP contribution in [0.25, 0.3) is 0 Å². The van der Waals surface area contributed by atoms with Crippen molar-refractivity contribution in [2.75, 3.05) is 40.6 Å². The highest BCUT2D eigenvalue weighted by Gasteiger charge is 2.25. The van der Waals surface area contributed by atoms with Crippen LogP contribution in [0.15, 0.2) is 12.2 Å². The highest BCUT2D eigenvalue weighted by Crippen LogP contribution is 2.17. The molecule has 0 aliphatic heterocycles.